The van der Waals surface area contributed by atoms with Crippen molar-refractivity contribution in [3.63, 3.8) is 0 Å². The molecule has 7 heavy (non-hydrogen) atoms. The maximum atomic E-state index is 4.02. The molecule has 0 amide bonds. The first-order chi connectivity index (χ1) is 3.36. The fourth-order valence-electron chi connectivity index (χ4n) is 0.760. The van der Waals surface area contributed by atoms with Crippen molar-refractivity contribution < 1.29 is 0 Å². The predicted octanol–water partition coefficient (Wildman–Crippen LogP) is 0.563. The van der Waals surface area contributed by atoms with Gasteiger partial charge in [-0.3, -0.25) is 4.68 Å². The molecule has 0 saturated carbocycles. The summed E-state index contributed by atoms with van der Waals surface area (Å²) in [6, 6.07) is 0. The Morgan fingerprint density at radius 3 is 2.57 bits per heavy atom. The Kier molecular flexibility index (Phi) is 0.340. The minimum absolute atomic E-state index is 1.14. The zero-order chi connectivity index (χ0) is 4.85. The maximum absolute atomic E-state index is 4.02. The van der Waals surface area contributed by atoms with Crippen molar-refractivity contribution >= 4 is 0 Å². The molecule has 1 radical (unpaired) electrons. The summed E-state index contributed by atoms with van der Waals surface area (Å²) in [4.78, 5) is 0. The van der Waals surface area contributed by atoms with Crippen molar-refractivity contribution in [2.45, 2.75) is 6.92 Å². The Labute approximate surface area is 41.8 Å². The monoisotopic (exact) mass is 93.0 g/mol. The third kappa shape index (κ3) is 0.232. The van der Waals surface area contributed by atoms with E-state index < -0.39 is 0 Å². The molecule has 0 unspecified atom stereocenters. The summed E-state index contributed by atoms with van der Waals surface area (Å²) in [5, 5.41) is 4.02. The molecule has 0 aliphatic carbocycles. The zero-order valence-electron chi connectivity index (χ0n) is 4.05. The third-order valence-corrected chi connectivity index (χ3v) is 1.21. The molecule has 2 nitrogen and oxygen atoms in total. The van der Waals surface area contributed by atoms with Crippen LogP contribution in [-0.2, 0) is 0 Å². The lowest BCUT2D eigenvalue weighted by Gasteiger charge is -2.01. The van der Waals surface area contributed by atoms with Crippen LogP contribution >= 0.6 is 0 Å². The van der Waals surface area contributed by atoms with Gasteiger partial charge in [0, 0.05) is 6.20 Å². The number of hydrogen-bond acceptors (Lipinski definition) is 1. The Balaban J connectivity index is 2.81. The first kappa shape index (κ1) is 3.24. The molecule has 0 saturated heterocycles. The van der Waals surface area contributed by atoms with Crippen LogP contribution in [0, 0.1) is 13.5 Å². The van der Waals surface area contributed by atoms with E-state index in [-0.39, 0.29) is 0 Å². The molecule has 0 atom stereocenters. The summed E-state index contributed by atoms with van der Waals surface area (Å²) in [7, 11) is 0. The highest BCUT2D eigenvalue weighted by molar-refractivity contribution is 5.30. The van der Waals surface area contributed by atoms with E-state index >= 15 is 0 Å². The largest absolute Gasteiger partial charge is 0.260 e. The van der Waals surface area contributed by atoms with E-state index in [1.165, 1.54) is 5.56 Å². The van der Waals surface area contributed by atoms with E-state index in [0.717, 1.165) is 5.69 Å². The van der Waals surface area contributed by atoms with Gasteiger partial charge < -0.3 is 0 Å². The fourth-order valence-corrected chi connectivity index (χ4v) is 0.760. The van der Waals surface area contributed by atoms with Crippen molar-refractivity contribution in [3.05, 3.63) is 24.0 Å². The topological polar surface area (TPSA) is 17.8 Å². The zero-order valence-corrected chi connectivity index (χ0v) is 4.05. The van der Waals surface area contributed by atoms with E-state index in [1.54, 1.807) is 0 Å². The van der Waals surface area contributed by atoms with Crippen LogP contribution in [0.2, 0.25) is 0 Å². The van der Waals surface area contributed by atoms with Crippen LogP contribution in [0.15, 0.2) is 6.20 Å². The molecule has 0 spiro atoms. The average molecular weight is 93.1 g/mol. The Morgan fingerprint density at radius 1 is 1.71 bits per heavy atom. The van der Waals surface area contributed by atoms with E-state index in [0.29, 0.717) is 0 Å². The van der Waals surface area contributed by atoms with Gasteiger partial charge in [0.1, 0.15) is 6.54 Å². The molecule has 2 aliphatic heterocycles. The van der Waals surface area contributed by atoms with Gasteiger partial charge in [-0.05, 0) is 12.5 Å². The standard InChI is InChI=1S/C5H5N2/c1-4-2-7-3-5(4)6-7/h2-3H,1H3. The van der Waals surface area contributed by atoms with Gasteiger partial charge in [-0.15, -0.1) is 0 Å². The van der Waals surface area contributed by atoms with Crippen molar-refractivity contribution in [2.75, 3.05) is 0 Å². The van der Waals surface area contributed by atoms with Crippen molar-refractivity contribution in [3.8, 4) is 0 Å². The van der Waals surface area contributed by atoms with Crippen LogP contribution in [-0.4, -0.2) is 9.78 Å². The van der Waals surface area contributed by atoms with Gasteiger partial charge in [0.25, 0.3) is 0 Å². The van der Waals surface area contributed by atoms with Crippen LogP contribution in [0.3, 0.4) is 0 Å². The number of nitrogens with zero attached hydrogens (tertiary/aromatic N) is 2. The number of aromatic nitrogens is 2. The lowest BCUT2D eigenvalue weighted by molar-refractivity contribution is 0.724. The summed E-state index contributed by atoms with van der Waals surface area (Å²) in [6.07, 6.45) is 2.01. The number of hydrogen-bond donors (Lipinski definition) is 0. The lowest BCUT2D eigenvalue weighted by atomic mass is 10.3. The average Bonchev–Trinajstić information content (AvgIpc) is 1.85. The van der Waals surface area contributed by atoms with Gasteiger partial charge in [0.05, 0.1) is 5.69 Å². The minimum Gasteiger partial charge on any atom is -0.260 e. The normalized spacial score (nSPS) is 13.9. The third-order valence-electron chi connectivity index (χ3n) is 1.21. The number of fused-ring (bicyclic) bond motifs is 1. The van der Waals surface area contributed by atoms with Crippen LogP contribution < -0.4 is 0 Å². The SMILES string of the molecule is Cc1cn2nc1[CH]2. The maximum Gasteiger partial charge on any atom is 0.124 e. The Hall–Kier alpha value is -0.790. The molecule has 2 aliphatic rings. The molecule has 2 heteroatoms. The highest BCUT2D eigenvalue weighted by atomic mass is 15.3. The van der Waals surface area contributed by atoms with Crippen LogP contribution in [0.4, 0.5) is 0 Å². The van der Waals surface area contributed by atoms with E-state index in [4.69, 9.17) is 0 Å². The van der Waals surface area contributed by atoms with Gasteiger partial charge in [0.15, 0.2) is 0 Å². The van der Waals surface area contributed by atoms with Gasteiger partial charge in [-0.1, -0.05) is 0 Å². The van der Waals surface area contributed by atoms with Gasteiger partial charge in [-0.25, -0.2) is 0 Å². The molecular weight excluding hydrogens is 88.1 g/mol. The highest BCUT2D eigenvalue weighted by Crippen LogP contribution is 2.16. The molecule has 1 aromatic heterocycles. The number of rotatable bonds is 0. The van der Waals surface area contributed by atoms with E-state index in [2.05, 4.69) is 12.0 Å². The van der Waals surface area contributed by atoms with Crippen molar-refractivity contribution in [2.24, 2.45) is 0 Å². The molecule has 0 aromatic carbocycles. The summed E-state index contributed by atoms with van der Waals surface area (Å²) in [6.45, 7) is 4.07. The Morgan fingerprint density at radius 2 is 2.43 bits per heavy atom. The summed E-state index contributed by atoms with van der Waals surface area (Å²) >= 11 is 0. The Bertz CT molecular complexity index is 200. The first-order valence-corrected chi connectivity index (χ1v) is 2.27. The first-order valence-electron chi connectivity index (χ1n) is 2.27. The molecule has 0 fully saturated rings. The van der Waals surface area contributed by atoms with Gasteiger partial charge in [-0.2, -0.15) is 5.10 Å². The van der Waals surface area contributed by atoms with Crippen molar-refractivity contribution in [1.29, 1.82) is 0 Å². The molecule has 1 aromatic rings. The predicted molar refractivity (Wildman–Crippen MR) is 25.8 cm³/mol. The fraction of sp³-hybridized carbons (Fsp3) is 0.200. The van der Waals surface area contributed by atoms with Gasteiger partial charge >= 0.3 is 0 Å². The van der Waals surface area contributed by atoms with Crippen LogP contribution in [0.25, 0.3) is 0 Å². The number of aryl methyl sites for hydroxylation is 1. The lowest BCUT2D eigenvalue weighted by Crippen LogP contribution is -2.06. The molecule has 0 N–H and O–H groups in total. The van der Waals surface area contributed by atoms with E-state index in [9.17, 15) is 0 Å². The van der Waals surface area contributed by atoms with Gasteiger partial charge in [0.2, 0.25) is 0 Å². The second kappa shape index (κ2) is 0.735. The van der Waals surface area contributed by atoms with Crippen LogP contribution in [0.1, 0.15) is 11.3 Å². The minimum atomic E-state index is 1.14. The van der Waals surface area contributed by atoms with Crippen molar-refractivity contribution in [1.82, 2.24) is 9.78 Å². The molecule has 3 rings (SSSR count). The smallest absolute Gasteiger partial charge is 0.124 e. The second-order valence-electron chi connectivity index (χ2n) is 1.81. The quantitative estimate of drug-likeness (QED) is 0.465. The van der Waals surface area contributed by atoms with E-state index in [1.807, 2.05) is 17.4 Å². The summed E-state index contributed by atoms with van der Waals surface area (Å²) in [5.41, 5.74) is 2.42. The summed E-state index contributed by atoms with van der Waals surface area (Å²) in [5.74, 6) is 0. The second-order valence-corrected chi connectivity index (χ2v) is 1.81. The molecular formula is C5H5N2. The molecule has 3 heterocycles. The molecule has 2 bridgehead atoms. The summed E-state index contributed by atoms with van der Waals surface area (Å²) < 4.78 is 1.82. The molecule has 35 valence electrons. The highest BCUT2D eigenvalue weighted by Gasteiger charge is 2.14. The van der Waals surface area contributed by atoms with Crippen LogP contribution in [0.5, 0.6) is 0 Å².